The number of para-hydroxylation sites is 2. The second kappa shape index (κ2) is 19.3. The molecule has 0 aliphatic heterocycles. The summed E-state index contributed by atoms with van der Waals surface area (Å²) < 4.78 is 2.04. The van der Waals surface area contributed by atoms with Gasteiger partial charge >= 0.3 is 5.97 Å². The number of nitrogens with zero attached hydrogens (tertiary/aromatic N) is 1. The molecule has 0 saturated heterocycles. The van der Waals surface area contributed by atoms with Crippen LogP contribution in [0.2, 0.25) is 0 Å². The average Bonchev–Trinajstić information content (AvgIpc) is 3.03. The van der Waals surface area contributed by atoms with E-state index < -0.39 is 5.97 Å². The molecule has 0 aliphatic carbocycles. The van der Waals surface area contributed by atoms with Crippen molar-refractivity contribution in [3.63, 3.8) is 0 Å². The fraction of sp³-hybridized carbons (Fsp3) is 0.333. The Morgan fingerprint density at radius 3 is 1.89 bits per heavy atom. The first-order valence-electron chi connectivity index (χ1n) is 15.1. The molecule has 0 atom stereocenters. The van der Waals surface area contributed by atoms with E-state index in [0.717, 1.165) is 34.6 Å². The molecule has 4 aromatic rings. The molecular weight excluding hydrogens is 554 g/mol. The average molecular weight is 599 g/mol. The first-order valence-corrected chi connectivity index (χ1v) is 15.1. The number of aliphatic carboxylic acids is 1. The highest BCUT2D eigenvalue weighted by atomic mass is 16.4. The predicted molar refractivity (Wildman–Crippen MR) is 175 cm³/mol. The quantitative estimate of drug-likeness (QED) is 0.0700. The number of aryl methyl sites for hydroxylation is 1. The van der Waals surface area contributed by atoms with Crippen molar-refractivity contribution in [1.82, 2.24) is 10.6 Å². The summed E-state index contributed by atoms with van der Waals surface area (Å²) in [5.74, 6) is 1.98. The molecule has 1 aromatic heterocycles. The van der Waals surface area contributed by atoms with Crippen molar-refractivity contribution < 1.29 is 29.2 Å². The molecule has 0 aliphatic rings. The third kappa shape index (κ3) is 11.1. The number of nitrogens with one attached hydrogen (secondary N) is 2. The molecular formula is C36H44N3O5+. The van der Waals surface area contributed by atoms with Crippen molar-refractivity contribution in [2.24, 2.45) is 0 Å². The summed E-state index contributed by atoms with van der Waals surface area (Å²) in [5.41, 5.74) is 3.56. The number of aromatic hydroxyl groups is 1. The van der Waals surface area contributed by atoms with Crippen LogP contribution in [0.15, 0.2) is 72.8 Å². The second-order valence-corrected chi connectivity index (χ2v) is 9.95. The Morgan fingerprint density at radius 2 is 1.34 bits per heavy atom. The number of aromatic nitrogens is 1. The van der Waals surface area contributed by atoms with Gasteiger partial charge in [-0.3, -0.25) is 14.4 Å². The zero-order valence-electron chi connectivity index (χ0n) is 25.9. The molecule has 4 rings (SSSR count). The van der Waals surface area contributed by atoms with E-state index in [9.17, 15) is 14.4 Å². The minimum atomic E-state index is -0.797. The topological polar surface area (TPSA) is 120 Å². The SMILES string of the molecule is C#CC[n+]1c2ccccc2c(C(=O)NCCCC(=O)NCCCCCC(=O)O)c2ccccc21.CC.Cc1ccc(O)cc1. The highest BCUT2D eigenvalue weighted by molar-refractivity contribution is 6.14. The monoisotopic (exact) mass is 598 g/mol. The minimum absolute atomic E-state index is 0.0709. The molecule has 0 spiro atoms. The summed E-state index contributed by atoms with van der Waals surface area (Å²) in [5, 5.41) is 24.8. The molecule has 2 amide bonds. The lowest BCUT2D eigenvalue weighted by Crippen LogP contribution is -2.36. The van der Waals surface area contributed by atoms with Crippen molar-refractivity contribution in [1.29, 1.82) is 0 Å². The highest BCUT2D eigenvalue weighted by Crippen LogP contribution is 2.25. The van der Waals surface area contributed by atoms with Crippen molar-refractivity contribution in [2.75, 3.05) is 13.1 Å². The predicted octanol–water partition coefficient (Wildman–Crippen LogP) is 5.91. The third-order valence-corrected chi connectivity index (χ3v) is 6.69. The van der Waals surface area contributed by atoms with E-state index in [4.69, 9.17) is 16.6 Å². The zero-order chi connectivity index (χ0) is 32.3. The number of terminal acetylenes is 1. The number of pyridine rings is 1. The van der Waals surface area contributed by atoms with Gasteiger partial charge in [0.2, 0.25) is 23.5 Å². The number of carboxylic acids is 1. The number of carbonyl (C=O) groups is 3. The standard InChI is InChI=1S/C27H29N3O4.C7H8O.C2H6/c1-2-19-30-22-13-7-5-11-20(22)26(21-12-6-8-14-23(21)30)27(34)29-18-10-15-24(31)28-17-9-3-4-16-25(32)33;1-6-2-4-7(8)5-3-6;1-2/h1,5-8,11-14H,3-4,9-10,15-19H2,(H2-,28,29,31,32,33,34);2-5,8H,1H3;1-2H3/p+1. The van der Waals surface area contributed by atoms with Crippen molar-refractivity contribution in [3.8, 4) is 18.1 Å². The number of benzene rings is 3. The van der Waals surface area contributed by atoms with E-state index in [2.05, 4.69) is 16.6 Å². The number of phenolic OH excluding ortho intramolecular Hbond substituents is 1. The van der Waals surface area contributed by atoms with Gasteiger partial charge in [0.05, 0.1) is 16.3 Å². The molecule has 8 heteroatoms. The van der Waals surface area contributed by atoms with Gasteiger partial charge in [0.15, 0.2) is 0 Å². The Bertz CT molecular complexity index is 1480. The van der Waals surface area contributed by atoms with Gasteiger partial charge in [-0.15, -0.1) is 6.42 Å². The van der Waals surface area contributed by atoms with Gasteiger partial charge in [0.1, 0.15) is 5.75 Å². The molecule has 3 aromatic carbocycles. The number of amides is 2. The molecule has 0 unspecified atom stereocenters. The summed E-state index contributed by atoms with van der Waals surface area (Å²) in [6, 6.07) is 22.5. The number of carboxylic acid groups (broad SMARTS) is 1. The smallest absolute Gasteiger partial charge is 0.303 e. The molecule has 0 radical (unpaired) electrons. The van der Waals surface area contributed by atoms with E-state index in [0.29, 0.717) is 50.2 Å². The summed E-state index contributed by atoms with van der Waals surface area (Å²) in [4.78, 5) is 35.7. The van der Waals surface area contributed by atoms with Gasteiger partial charge < -0.3 is 20.8 Å². The molecule has 0 bridgehead atoms. The van der Waals surface area contributed by atoms with Crippen LogP contribution in [0.3, 0.4) is 0 Å². The number of phenols is 1. The number of hydrogen-bond donors (Lipinski definition) is 4. The van der Waals surface area contributed by atoms with E-state index in [-0.39, 0.29) is 18.2 Å². The molecule has 0 saturated carbocycles. The van der Waals surface area contributed by atoms with Gasteiger partial charge in [0, 0.05) is 38.1 Å². The fourth-order valence-electron chi connectivity index (χ4n) is 4.60. The summed E-state index contributed by atoms with van der Waals surface area (Å²) in [6.45, 7) is 7.30. The van der Waals surface area contributed by atoms with Gasteiger partial charge in [-0.2, -0.15) is 4.57 Å². The Labute approximate surface area is 260 Å². The van der Waals surface area contributed by atoms with Crippen LogP contribution in [0.25, 0.3) is 21.8 Å². The van der Waals surface area contributed by atoms with Gasteiger partial charge in [-0.25, -0.2) is 0 Å². The summed E-state index contributed by atoms with van der Waals surface area (Å²) in [7, 11) is 0. The van der Waals surface area contributed by atoms with Crippen molar-refractivity contribution >= 4 is 39.6 Å². The van der Waals surface area contributed by atoms with Crippen LogP contribution < -0.4 is 15.2 Å². The summed E-state index contributed by atoms with van der Waals surface area (Å²) in [6.07, 6.45) is 8.73. The number of unbranched alkanes of at least 4 members (excludes halogenated alkanes) is 2. The Hall–Kier alpha value is -4.90. The molecule has 232 valence electrons. The first-order chi connectivity index (χ1) is 21.3. The van der Waals surface area contributed by atoms with Crippen molar-refractivity contribution in [2.45, 2.75) is 65.8 Å². The lowest BCUT2D eigenvalue weighted by atomic mass is 10.0. The minimum Gasteiger partial charge on any atom is -0.508 e. The molecule has 1 heterocycles. The molecule has 8 nitrogen and oxygen atoms in total. The van der Waals surface area contributed by atoms with Crippen LogP contribution in [0.1, 0.15) is 68.3 Å². The van der Waals surface area contributed by atoms with Gasteiger partial charge in [0.25, 0.3) is 5.91 Å². The van der Waals surface area contributed by atoms with Crippen LogP contribution in [0.4, 0.5) is 0 Å². The molecule has 44 heavy (non-hydrogen) atoms. The van der Waals surface area contributed by atoms with Crippen molar-refractivity contribution in [3.05, 3.63) is 83.9 Å². The Morgan fingerprint density at radius 1 is 0.773 bits per heavy atom. The first kappa shape index (κ1) is 35.3. The Kier molecular flexibility index (Phi) is 15.5. The van der Waals surface area contributed by atoms with Gasteiger partial charge in [-0.05, 0) is 56.4 Å². The lowest BCUT2D eigenvalue weighted by Gasteiger charge is -2.11. The summed E-state index contributed by atoms with van der Waals surface area (Å²) >= 11 is 0. The number of fused-ring (bicyclic) bond motifs is 2. The van der Waals surface area contributed by atoms with E-state index in [1.54, 1.807) is 12.1 Å². The lowest BCUT2D eigenvalue weighted by molar-refractivity contribution is -0.632. The second-order valence-electron chi connectivity index (χ2n) is 9.95. The highest BCUT2D eigenvalue weighted by Gasteiger charge is 2.23. The van der Waals surface area contributed by atoms with Crippen LogP contribution in [-0.2, 0) is 16.1 Å². The van der Waals surface area contributed by atoms with E-state index >= 15 is 0 Å². The fourth-order valence-corrected chi connectivity index (χ4v) is 4.60. The third-order valence-electron chi connectivity index (χ3n) is 6.69. The van der Waals surface area contributed by atoms with Crippen LogP contribution in [-0.4, -0.2) is 41.1 Å². The number of rotatable bonds is 12. The number of carbonyl (C=O) groups excluding carboxylic acids is 2. The maximum absolute atomic E-state index is 13.2. The molecule has 0 fully saturated rings. The van der Waals surface area contributed by atoms with Crippen LogP contribution >= 0.6 is 0 Å². The Balaban J connectivity index is 0.000000577. The maximum atomic E-state index is 13.2. The number of hydrogen-bond acceptors (Lipinski definition) is 4. The maximum Gasteiger partial charge on any atom is 0.303 e. The molecule has 4 N–H and O–H groups in total. The normalized spacial score (nSPS) is 10.0. The van der Waals surface area contributed by atoms with Crippen LogP contribution in [0.5, 0.6) is 5.75 Å². The van der Waals surface area contributed by atoms with Gasteiger partial charge in [-0.1, -0.05) is 62.2 Å². The van der Waals surface area contributed by atoms with E-state index in [1.807, 2.05) is 86.0 Å². The zero-order valence-corrected chi connectivity index (χ0v) is 25.9. The largest absolute Gasteiger partial charge is 0.508 e. The van der Waals surface area contributed by atoms with Crippen LogP contribution in [0, 0.1) is 19.3 Å². The van der Waals surface area contributed by atoms with E-state index in [1.165, 1.54) is 5.56 Å².